The predicted molar refractivity (Wildman–Crippen MR) is 53.1 cm³/mol. The normalized spacial score (nSPS) is 15.1. The molecule has 3 heteroatoms. The standard InChI is InChI=1S/C10H11ClFN/c1-3-10(2,13)9-7(11)5-4-6-8(9)12/h3-6H,1,13H2,2H3/t10-/m0/s1. The zero-order valence-corrected chi connectivity index (χ0v) is 8.11. The zero-order valence-electron chi connectivity index (χ0n) is 7.35. The van der Waals surface area contributed by atoms with Gasteiger partial charge in [-0.05, 0) is 19.1 Å². The van der Waals surface area contributed by atoms with Crippen molar-refractivity contribution in [3.05, 3.63) is 47.3 Å². The molecule has 0 heterocycles. The molecule has 1 aromatic carbocycles. The van der Waals surface area contributed by atoms with E-state index in [1.54, 1.807) is 19.1 Å². The van der Waals surface area contributed by atoms with Crippen LogP contribution in [0.4, 0.5) is 4.39 Å². The Morgan fingerprint density at radius 2 is 2.23 bits per heavy atom. The summed E-state index contributed by atoms with van der Waals surface area (Å²) in [5.41, 5.74) is 5.15. The van der Waals surface area contributed by atoms with E-state index in [1.165, 1.54) is 12.1 Å². The van der Waals surface area contributed by atoms with Gasteiger partial charge in [-0.3, -0.25) is 0 Å². The van der Waals surface area contributed by atoms with Gasteiger partial charge in [0.15, 0.2) is 0 Å². The molecule has 0 aliphatic heterocycles. The van der Waals surface area contributed by atoms with Crippen LogP contribution in [0.15, 0.2) is 30.9 Å². The van der Waals surface area contributed by atoms with Gasteiger partial charge in [-0.15, -0.1) is 6.58 Å². The first kappa shape index (κ1) is 10.2. The number of rotatable bonds is 2. The fourth-order valence-corrected chi connectivity index (χ4v) is 1.48. The monoisotopic (exact) mass is 199 g/mol. The minimum absolute atomic E-state index is 0.284. The van der Waals surface area contributed by atoms with Gasteiger partial charge in [0, 0.05) is 10.6 Å². The van der Waals surface area contributed by atoms with Crippen LogP contribution >= 0.6 is 11.6 Å². The molecule has 0 radical (unpaired) electrons. The van der Waals surface area contributed by atoms with Crippen molar-refractivity contribution in [2.24, 2.45) is 5.73 Å². The van der Waals surface area contributed by atoms with Crippen LogP contribution in [-0.4, -0.2) is 0 Å². The molecule has 1 atom stereocenters. The third kappa shape index (κ3) is 1.90. The van der Waals surface area contributed by atoms with Crippen molar-refractivity contribution in [2.75, 3.05) is 0 Å². The summed E-state index contributed by atoms with van der Waals surface area (Å²) in [5.74, 6) is -0.405. The summed E-state index contributed by atoms with van der Waals surface area (Å²) >= 11 is 5.83. The molecule has 0 saturated carbocycles. The summed E-state index contributed by atoms with van der Waals surface area (Å²) < 4.78 is 13.3. The smallest absolute Gasteiger partial charge is 0.130 e. The highest BCUT2D eigenvalue weighted by molar-refractivity contribution is 6.31. The molecule has 0 aliphatic rings. The van der Waals surface area contributed by atoms with E-state index in [0.29, 0.717) is 5.02 Å². The third-order valence-electron chi connectivity index (χ3n) is 1.93. The van der Waals surface area contributed by atoms with Crippen LogP contribution in [0.25, 0.3) is 0 Å². The fourth-order valence-electron chi connectivity index (χ4n) is 1.11. The molecule has 0 fully saturated rings. The lowest BCUT2D eigenvalue weighted by Gasteiger charge is -2.22. The first-order valence-electron chi connectivity index (χ1n) is 3.86. The van der Waals surface area contributed by atoms with Gasteiger partial charge >= 0.3 is 0 Å². The van der Waals surface area contributed by atoms with Crippen LogP contribution < -0.4 is 5.73 Å². The Bertz CT molecular complexity index is 313. The molecule has 70 valence electrons. The molecule has 1 rings (SSSR count). The summed E-state index contributed by atoms with van der Waals surface area (Å²) in [6, 6.07) is 4.48. The quantitative estimate of drug-likeness (QED) is 0.729. The second-order valence-electron chi connectivity index (χ2n) is 3.08. The minimum Gasteiger partial charge on any atom is -0.318 e. The maximum atomic E-state index is 13.3. The lowest BCUT2D eigenvalue weighted by atomic mass is 9.93. The van der Waals surface area contributed by atoms with E-state index >= 15 is 0 Å². The second-order valence-corrected chi connectivity index (χ2v) is 3.49. The van der Waals surface area contributed by atoms with Gasteiger partial charge in [-0.1, -0.05) is 23.7 Å². The van der Waals surface area contributed by atoms with E-state index < -0.39 is 11.4 Å². The van der Waals surface area contributed by atoms with Crippen LogP contribution in [-0.2, 0) is 5.54 Å². The highest BCUT2D eigenvalue weighted by Crippen LogP contribution is 2.29. The SMILES string of the molecule is C=C[C@](C)(N)c1c(F)cccc1Cl. The molecular formula is C10H11ClFN. The largest absolute Gasteiger partial charge is 0.318 e. The Morgan fingerprint density at radius 3 is 2.69 bits per heavy atom. The van der Waals surface area contributed by atoms with Crippen molar-refractivity contribution < 1.29 is 4.39 Å². The Morgan fingerprint density at radius 1 is 1.62 bits per heavy atom. The average Bonchev–Trinajstić information content (AvgIpc) is 2.03. The van der Waals surface area contributed by atoms with Crippen molar-refractivity contribution in [1.29, 1.82) is 0 Å². The number of benzene rings is 1. The lowest BCUT2D eigenvalue weighted by molar-refractivity contribution is 0.544. The molecule has 0 saturated heterocycles. The molecule has 0 aliphatic carbocycles. The molecule has 0 spiro atoms. The third-order valence-corrected chi connectivity index (χ3v) is 2.24. The van der Waals surface area contributed by atoms with Gasteiger partial charge in [0.05, 0.1) is 5.54 Å². The van der Waals surface area contributed by atoms with Crippen molar-refractivity contribution in [2.45, 2.75) is 12.5 Å². The van der Waals surface area contributed by atoms with Crippen molar-refractivity contribution in [3.8, 4) is 0 Å². The molecule has 1 aromatic rings. The molecule has 0 unspecified atom stereocenters. The summed E-state index contributed by atoms with van der Waals surface area (Å²) in [4.78, 5) is 0. The van der Waals surface area contributed by atoms with Gasteiger partial charge in [0.25, 0.3) is 0 Å². The van der Waals surface area contributed by atoms with Gasteiger partial charge < -0.3 is 5.73 Å². The second kappa shape index (κ2) is 3.48. The molecule has 13 heavy (non-hydrogen) atoms. The van der Waals surface area contributed by atoms with E-state index in [9.17, 15) is 4.39 Å². The van der Waals surface area contributed by atoms with E-state index in [2.05, 4.69) is 6.58 Å². The van der Waals surface area contributed by atoms with Crippen molar-refractivity contribution >= 4 is 11.6 Å². The molecule has 0 bridgehead atoms. The van der Waals surface area contributed by atoms with Gasteiger partial charge in [-0.2, -0.15) is 0 Å². The van der Waals surface area contributed by atoms with Gasteiger partial charge in [-0.25, -0.2) is 4.39 Å². The van der Waals surface area contributed by atoms with Crippen LogP contribution in [0.2, 0.25) is 5.02 Å². The Kier molecular flexibility index (Phi) is 2.74. The Balaban J connectivity index is 3.36. The van der Waals surface area contributed by atoms with E-state index in [-0.39, 0.29) is 5.56 Å². The van der Waals surface area contributed by atoms with Crippen LogP contribution in [0.5, 0.6) is 0 Å². The summed E-state index contributed by atoms with van der Waals surface area (Å²) in [6.45, 7) is 5.20. The number of nitrogens with two attached hydrogens (primary N) is 1. The van der Waals surface area contributed by atoms with Crippen LogP contribution in [0.3, 0.4) is 0 Å². The molecule has 0 amide bonds. The predicted octanol–water partition coefficient (Wildman–Crippen LogP) is 2.84. The Hall–Kier alpha value is -0.860. The zero-order chi connectivity index (χ0) is 10.1. The van der Waals surface area contributed by atoms with E-state index in [0.717, 1.165) is 0 Å². The summed E-state index contributed by atoms with van der Waals surface area (Å²) in [6.07, 6.45) is 1.47. The summed E-state index contributed by atoms with van der Waals surface area (Å²) in [7, 11) is 0. The molecule has 2 N–H and O–H groups in total. The highest BCUT2D eigenvalue weighted by Gasteiger charge is 2.23. The van der Waals surface area contributed by atoms with Crippen LogP contribution in [0.1, 0.15) is 12.5 Å². The highest BCUT2D eigenvalue weighted by atomic mass is 35.5. The van der Waals surface area contributed by atoms with E-state index in [1.807, 2.05) is 0 Å². The molecule has 0 aromatic heterocycles. The van der Waals surface area contributed by atoms with Crippen molar-refractivity contribution in [3.63, 3.8) is 0 Å². The molecule has 1 nitrogen and oxygen atoms in total. The maximum Gasteiger partial charge on any atom is 0.130 e. The fraction of sp³-hybridized carbons (Fsp3) is 0.200. The van der Waals surface area contributed by atoms with Gasteiger partial charge in [0.1, 0.15) is 5.82 Å². The minimum atomic E-state index is -0.928. The molecular weight excluding hydrogens is 189 g/mol. The number of hydrogen-bond acceptors (Lipinski definition) is 1. The first-order chi connectivity index (χ1) is 5.99. The topological polar surface area (TPSA) is 26.0 Å². The number of hydrogen-bond donors (Lipinski definition) is 1. The first-order valence-corrected chi connectivity index (χ1v) is 4.24. The van der Waals surface area contributed by atoms with E-state index in [4.69, 9.17) is 17.3 Å². The lowest BCUT2D eigenvalue weighted by Crippen LogP contribution is -2.31. The Labute approximate surface area is 82.0 Å². The summed E-state index contributed by atoms with van der Waals surface area (Å²) in [5, 5.41) is 0.324. The average molecular weight is 200 g/mol. The van der Waals surface area contributed by atoms with Gasteiger partial charge in [0.2, 0.25) is 0 Å². The van der Waals surface area contributed by atoms with Crippen LogP contribution in [0, 0.1) is 5.82 Å². The maximum absolute atomic E-state index is 13.3. The number of halogens is 2. The van der Waals surface area contributed by atoms with Crippen molar-refractivity contribution in [1.82, 2.24) is 0 Å².